The number of para-hydroxylation sites is 1. The second-order valence-corrected chi connectivity index (χ2v) is 8.12. The Labute approximate surface area is 195 Å². The number of thiophene rings is 1. The highest BCUT2D eigenvalue weighted by molar-refractivity contribution is 7.21. The number of ether oxygens (including phenoxy) is 3. The molecule has 174 valence electrons. The van der Waals surface area contributed by atoms with Gasteiger partial charge in [-0.25, -0.2) is 14.6 Å². The number of hydrogen-bond donors (Lipinski definition) is 2. The van der Waals surface area contributed by atoms with E-state index < -0.39 is 24.0 Å². The van der Waals surface area contributed by atoms with E-state index in [1.165, 1.54) is 6.92 Å². The van der Waals surface area contributed by atoms with Crippen LogP contribution in [0.4, 0.5) is 10.5 Å². The Morgan fingerprint density at radius 2 is 1.91 bits per heavy atom. The molecule has 0 saturated carbocycles. The summed E-state index contributed by atoms with van der Waals surface area (Å²) in [5, 5.41) is 5.85. The first kappa shape index (κ1) is 24.1. The molecule has 0 unspecified atom stereocenters. The zero-order chi connectivity index (χ0) is 24.0. The predicted octanol–water partition coefficient (Wildman–Crippen LogP) is 4.04. The monoisotopic (exact) mass is 471 g/mol. The second kappa shape index (κ2) is 10.9. The van der Waals surface area contributed by atoms with Crippen LogP contribution >= 0.6 is 11.3 Å². The number of methoxy groups -OCH3 is 1. The first-order valence-corrected chi connectivity index (χ1v) is 11.1. The summed E-state index contributed by atoms with van der Waals surface area (Å²) >= 11 is 1.13. The van der Waals surface area contributed by atoms with Crippen molar-refractivity contribution in [1.82, 2.24) is 10.3 Å². The number of nitrogens with one attached hydrogen (secondary N) is 2. The van der Waals surface area contributed by atoms with E-state index in [1.807, 2.05) is 13.0 Å². The van der Waals surface area contributed by atoms with Gasteiger partial charge in [-0.15, -0.1) is 11.3 Å². The number of carbonyl (C=O) groups is 3. The van der Waals surface area contributed by atoms with E-state index in [0.29, 0.717) is 16.0 Å². The fraction of sp³-hybridized carbons (Fsp3) is 0.304. The molecule has 2 amide bonds. The molecule has 1 aromatic carbocycles. The third-order valence-electron chi connectivity index (χ3n) is 4.56. The molecule has 2 aromatic heterocycles. The number of carbonyl (C=O) groups excluding carboxylic acids is 3. The predicted molar refractivity (Wildman–Crippen MR) is 125 cm³/mol. The van der Waals surface area contributed by atoms with Gasteiger partial charge in [-0.2, -0.15) is 0 Å². The van der Waals surface area contributed by atoms with Gasteiger partial charge in [-0.05, 0) is 44.5 Å². The number of hydrogen-bond acceptors (Lipinski definition) is 8. The highest BCUT2D eigenvalue weighted by atomic mass is 32.1. The summed E-state index contributed by atoms with van der Waals surface area (Å²) in [4.78, 5) is 43.0. The van der Waals surface area contributed by atoms with Gasteiger partial charge in [-0.1, -0.05) is 18.2 Å². The minimum absolute atomic E-state index is 0.182. The van der Waals surface area contributed by atoms with Gasteiger partial charge >= 0.3 is 12.1 Å². The first-order chi connectivity index (χ1) is 15.8. The number of esters is 1. The minimum Gasteiger partial charge on any atom is -0.462 e. The molecule has 3 rings (SSSR count). The van der Waals surface area contributed by atoms with Crippen LogP contribution in [0.5, 0.6) is 5.75 Å². The van der Waals surface area contributed by atoms with E-state index >= 15 is 0 Å². The van der Waals surface area contributed by atoms with E-state index in [2.05, 4.69) is 15.6 Å². The van der Waals surface area contributed by atoms with Gasteiger partial charge in [0.1, 0.15) is 21.5 Å². The van der Waals surface area contributed by atoms with Gasteiger partial charge in [-0.3, -0.25) is 4.79 Å². The van der Waals surface area contributed by atoms with Crippen molar-refractivity contribution in [2.24, 2.45) is 0 Å². The molecule has 1 atom stereocenters. The van der Waals surface area contributed by atoms with Gasteiger partial charge in [0.05, 0.1) is 18.9 Å². The molecule has 0 spiro atoms. The molecule has 0 radical (unpaired) electrons. The molecule has 2 heterocycles. The normalized spacial score (nSPS) is 11.6. The Kier molecular flexibility index (Phi) is 7.96. The minimum atomic E-state index is -0.949. The molecular weight excluding hydrogens is 446 g/mol. The summed E-state index contributed by atoms with van der Waals surface area (Å²) in [7, 11) is 1.56. The lowest BCUT2D eigenvalue weighted by Crippen LogP contribution is -2.43. The van der Waals surface area contributed by atoms with E-state index in [1.54, 1.807) is 44.4 Å². The van der Waals surface area contributed by atoms with Crippen molar-refractivity contribution in [3.8, 4) is 5.75 Å². The molecule has 0 aliphatic heterocycles. The lowest BCUT2D eigenvalue weighted by atomic mass is 10.1. The average molecular weight is 472 g/mol. The lowest BCUT2D eigenvalue weighted by Gasteiger charge is -2.15. The topological polar surface area (TPSA) is 116 Å². The molecule has 0 aliphatic carbocycles. The number of aryl methyl sites for hydroxylation is 1. The SMILES string of the molecule is CCOC(=O)c1sc2nc(C)cc(COC)c2c1NC(=O)[C@@H](C)NC(=O)Oc1ccccc1. The zero-order valence-corrected chi connectivity index (χ0v) is 19.6. The number of fused-ring (bicyclic) bond motifs is 1. The second-order valence-electron chi connectivity index (χ2n) is 7.12. The number of pyridine rings is 1. The summed E-state index contributed by atoms with van der Waals surface area (Å²) < 4.78 is 15.6. The van der Waals surface area contributed by atoms with Crippen LogP contribution in [0.1, 0.15) is 34.8 Å². The molecule has 0 saturated heterocycles. The molecule has 10 heteroatoms. The molecule has 2 N–H and O–H groups in total. The maximum Gasteiger partial charge on any atom is 0.413 e. The van der Waals surface area contributed by atoms with Gasteiger partial charge in [0.15, 0.2) is 0 Å². The van der Waals surface area contributed by atoms with Crippen LogP contribution in [0.3, 0.4) is 0 Å². The van der Waals surface area contributed by atoms with Crippen LogP contribution in [0.15, 0.2) is 36.4 Å². The van der Waals surface area contributed by atoms with Gasteiger partial charge in [0.2, 0.25) is 5.91 Å². The number of aromatic nitrogens is 1. The van der Waals surface area contributed by atoms with Gasteiger partial charge in [0, 0.05) is 18.2 Å². The lowest BCUT2D eigenvalue weighted by molar-refractivity contribution is -0.117. The summed E-state index contributed by atoms with van der Waals surface area (Å²) in [6.45, 7) is 5.50. The number of anilines is 1. The van der Waals surface area contributed by atoms with E-state index in [9.17, 15) is 14.4 Å². The van der Waals surface area contributed by atoms with Gasteiger partial charge in [0.25, 0.3) is 0 Å². The van der Waals surface area contributed by atoms with Crippen LogP contribution in [-0.2, 0) is 20.9 Å². The Hall–Kier alpha value is -3.50. The Morgan fingerprint density at radius 3 is 2.58 bits per heavy atom. The van der Waals surface area contributed by atoms with Crippen molar-refractivity contribution in [3.05, 3.63) is 52.5 Å². The smallest absolute Gasteiger partial charge is 0.413 e. The largest absolute Gasteiger partial charge is 0.462 e. The zero-order valence-electron chi connectivity index (χ0n) is 18.8. The fourth-order valence-electron chi connectivity index (χ4n) is 3.14. The van der Waals surface area contributed by atoms with Crippen LogP contribution in [0.25, 0.3) is 10.2 Å². The molecule has 33 heavy (non-hydrogen) atoms. The number of rotatable bonds is 8. The van der Waals surface area contributed by atoms with Crippen LogP contribution < -0.4 is 15.4 Å². The third-order valence-corrected chi connectivity index (χ3v) is 5.63. The van der Waals surface area contributed by atoms with Crippen molar-refractivity contribution < 1.29 is 28.6 Å². The Morgan fingerprint density at radius 1 is 1.18 bits per heavy atom. The highest BCUT2D eigenvalue weighted by Crippen LogP contribution is 2.38. The maximum atomic E-state index is 12.9. The quantitative estimate of drug-likeness (QED) is 0.476. The van der Waals surface area contributed by atoms with Crippen molar-refractivity contribution in [3.63, 3.8) is 0 Å². The van der Waals surface area contributed by atoms with Crippen molar-refractivity contribution in [2.45, 2.75) is 33.4 Å². The number of amides is 2. The standard InChI is InChI=1S/C23H25N3O6S/c1-5-31-22(28)19-18(17-15(12-30-4)11-13(2)24-21(17)33-19)26-20(27)14(3)25-23(29)32-16-9-7-6-8-10-16/h6-11,14H,5,12H2,1-4H3,(H,25,29)(H,26,27)/t14-/m1/s1. The summed E-state index contributed by atoms with van der Waals surface area (Å²) in [6, 6.07) is 9.38. The van der Waals surface area contributed by atoms with Crippen molar-refractivity contribution >= 4 is 45.2 Å². The molecule has 0 bridgehead atoms. The Balaban J connectivity index is 1.87. The Bertz CT molecular complexity index is 1160. The maximum absolute atomic E-state index is 12.9. The van der Waals surface area contributed by atoms with Crippen molar-refractivity contribution in [1.29, 1.82) is 0 Å². The average Bonchev–Trinajstić information content (AvgIpc) is 3.12. The van der Waals surface area contributed by atoms with Crippen LogP contribution in [0.2, 0.25) is 0 Å². The molecule has 3 aromatic rings. The molecule has 0 fully saturated rings. The molecule has 9 nitrogen and oxygen atoms in total. The van der Waals surface area contributed by atoms with Crippen molar-refractivity contribution in [2.75, 3.05) is 19.0 Å². The number of nitrogens with zero attached hydrogens (tertiary/aromatic N) is 1. The third kappa shape index (κ3) is 5.85. The molecule has 0 aliphatic rings. The number of benzene rings is 1. The first-order valence-electron chi connectivity index (χ1n) is 10.3. The fourth-order valence-corrected chi connectivity index (χ4v) is 4.26. The van der Waals surface area contributed by atoms with E-state index in [4.69, 9.17) is 14.2 Å². The summed E-state index contributed by atoms with van der Waals surface area (Å²) in [5.74, 6) is -0.753. The molecular formula is C23H25N3O6S. The highest BCUT2D eigenvalue weighted by Gasteiger charge is 2.26. The summed E-state index contributed by atoms with van der Waals surface area (Å²) in [5.41, 5.74) is 1.80. The van der Waals surface area contributed by atoms with Crippen LogP contribution in [0, 0.1) is 6.92 Å². The summed E-state index contributed by atoms with van der Waals surface area (Å²) in [6.07, 6.45) is -0.776. The van der Waals surface area contributed by atoms with Gasteiger partial charge < -0.3 is 24.8 Å². The van der Waals surface area contributed by atoms with E-state index in [0.717, 1.165) is 22.6 Å². The van der Waals surface area contributed by atoms with Crippen LogP contribution in [-0.4, -0.2) is 42.7 Å². The van der Waals surface area contributed by atoms with E-state index in [-0.39, 0.29) is 23.8 Å².